The van der Waals surface area contributed by atoms with Crippen molar-refractivity contribution in [2.45, 2.75) is 58.3 Å². The van der Waals surface area contributed by atoms with E-state index in [9.17, 15) is 14.4 Å². The number of likely N-dealkylation sites (tertiary alicyclic amines) is 1. The maximum atomic E-state index is 13.5. The van der Waals surface area contributed by atoms with E-state index in [1.807, 2.05) is 24.3 Å². The Bertz CT molecular complexity index is 996. The molecule has 5 nitrogen and oxygen atoms in total. The maximum absolute atomic E-state index is 13.5. The fraction of sp³-hybridized carbons (Fsp3) is 0.458. The third-order valence-electron chi connectivity index (χ3n) is 6.11. The number of amides is 1. The van der Waals surface area contributed by atoms with Crippen LogP contribution < -0.4 is 5.56 Å². The molecule has 1 amide bonds. The SMILES string of the molecule is CC(C)c1ccc(-n2c3c(cc(C(=O)N4CCCCC4)c2=O)C(=O)CCC3)cc1. The second kappa shape index (κ2) is 7.97. The van der Waals surface area contributed by atoms with E-state index in [0.29, 0.717) is 37.4 Å². The van der Waals surface area contributed by atoms with Gasteiger partial charge in [-0.3, -0.25) is 19.0 Å². The minimum atomic E-state index is -0.314. The topological polar surface area (TPSA) is 59.4 Å². The van der Waals surface area contributed by atoms with Crippen LogP contribution in [0.3, 0.4) is 0 Å². The summed E-state index contributed by atoms with van der Waals surface area (Å²) in [5.74, 6) is 0.165. The molecule has 2 aromatic rings. The molecule has 0 saturated carbocycles. The van der Waals surface area contributed by atoms with E-state index in [-0.39, 0.29) is 22.8 Å². The number of nitrogens with zero attached hydrogens (tertiary/aromatic N) is 2. The van der Waals surface area contributed by atoms with E-state index in [4.69, 9.17) is 0 Å². The van der Waals surface area contributed by atoms with Crippen molar-refractivity contribution in [2.24, 2.45) is 0 Å². The summed E-state index contributed by atoms with van der Waals surface area (Å²) in [4.78, 5) is 41.0. The zero-order valence-corrected chi connectivity index (χ0v) is 17.2. The van der Waals surface area contributed by atoms with E-state index < -0.39 is 0 Å². The van der Waals surface area contributed by atoms with Crippen LogP contribution >= 0.6 is 0 Å². The third kappa shape index (κ3) is 3.66. The number of fused-ring (bicyclic) bond motifs is 1. The molecule has 0 spiro atoms. The van der Waals surface area contributed by atoms with Crippen molar-refractivity contribution in [2.75, 3.05) is 13.1 Å². The Morgan fingerprint density at radius 2 is 1.62 bits per heavy atom. The van der Waals surface area contributed by atoms with Gasteiger partial charge in [0, 0.05) is 36.5 Å². The zero-order valence-electron chi connectivity index (χ0n) is 17.2. The van der Waals surface area contributed by atoms with Crippen LogP contribution in [0.2, 0.25) is 0 Å². The van der Waals surface area contributed by atoms with Gasteiger partial charge in [0.1, 0.15) is 5.56 Å². The number of ketones is 1. The molecule has 0 N–H and O–H groups in total. The highest BCUT2D eigenvalue weighted by Gasteiger charge is 2.28. The van der Waals surface area contributed by atoms with Gasteiger partial charge in [-0.1, -0.05) is 26.0 Å². The van der Waals surface area contributed by atoms with Gasteiger partial charge in [0.05, 0.1) is 0 Å². The predicted octanol–water partition coefficient (Wildman–Crippen LogP) is 4.11. The molecule has 4 rings (SSSR count). The maximum Gasteiger partial charge on any atom is 0.268 e. The van der Waals surface area contributed by atoms with Gasteiger partial charge in [0.15, 0.2) is 5.78 Å². The van der Waals surface area contributed by atoms with Crippen LogP contribution in [0.25, 0.3) is 5.69 Å². The molecule has 0 unspecified atom stereocenters. The Labute approximate surface area is 171 Å². The second-order valence-corrected chi connectivity index (χ2v) is 8.43. The Morgan fingerprint density at radius 1 is 0.931 bits per heavy atom. The van der Waals surface area contributed by atoms with Gasteiger partial charge < -0.3 is 4.90 Å². The van der Waals surface area contributed by atoms with Crippen molar-refractivity contribution in [3.05, 3.63) is 63.1 Å². The average molecular weight is 392 g/mol. The lowest BCUT2D eigenvalue weighted by molar-refractivity contribution is 0.0722. The van der Waals surface area contributed by atoms with Gasteiger partial charge >= 0.3 is 0 Å². The molecule has 0 atom stereocenters. The largest absolute Gasteiger partial charge is 0.338 e. The summed E-state index contributed by atoms with van der Waals surface area (Å²) in [6.45, 7) is 5.60. The van der Waals surface area contributed by atoms with Crippen molar-refractivity contribution in [3.63, 3.8) is 0 Å². The minimum Gasteiger partial charge on any atom is -0.338 e. The smallest absolute Gasteiger partial charge is 0.268 e. The molecule has 1 saturated heterocycles. The Morgan fingerprint density at radius 3 is 2.28 bits per heavy atom. The van der Waals surface area contributed by atoms with Crippen molar-refractivity contribution in [1.29, 1.82) is 0 Å². The Kier molecular flexibility index (Phi) is 5.39. The number of aromatic nitrogens is 1. The Balaban J connectivity index is 1.87. The fourth-order valence-corrected chi connectivity index (χ4v) is 4.39. The molecule has 1 fully saturated rings. The number of piperidine rings is 1. The molecular weight excluding hydrogens is 364 g/mol. The minimum absolute atomic E-state index is 0.0199. The zero-order chi connectivity index (χ0) is 20.5. The van der Waals surface area contributed by atoms with Crippen molar-refractivity contribution in [1.82, 2.24) is 9.47 Å². The number of Topliss-reactive ketones (excluding diaryl/α,β-unsaturated/α-hetero) is 1. The van der Waals surface area contributed by atoms with Gasteiger partial charge in [-0.05, 0) is 61.8 Å². The van der Waals surface area contributed by atoms with E-state index in [2.05, 4.69) is 13.8 Å². The van der Waals surface area contributed by atoms with Gasteiger partial charge in [0.25, 0.3) is 11.5 Å². The van der Waals surface area contributed by atoms with Crippen LogP contribution in [0.1, 0.15) is 83.8 Å². The number of rotatable bonds is 3. The fourth-order valence-electron chi connectivity index (χ4n) is 4.39. The number of hydrogen-bond acceptors (Lipinski definition) is 3. The molecule has 0 radical (unpaired) electrons. The number of carbonyl (C=O) groups excluding carboxylic acids is 2. The van der Waals surface area contributed by atoms with Gasteiger partial charge in [-0.15, -0.1) is 0 Å². The quantitative estimate of drug-likeness (QED) is 0.790. The number of carbonyl (C=O) groups is 2. The molecule has 0 bridgehead atoms. The summed E-state index contributed by atoms with van der Waals surface area (Å²) in [6.07, 6.45) is 4.89. The normalized spacial score (nSPS) is 16.8. The predicted molar refractivity (Wildman–Crippen MR) is 113 cm³/mol. The summed E-state index contributed by atoms with van der Waals surface area (Å²) < 4.78 is 1.60. The van der Waals surface area contributed by atoms with Crippen LogP contribution in [0.5, 0.6) is 0 Å². The molecule has 1 aromatic heterocycles. The van der Waals surface area contributed by atoms with E-state index in [0.717, 1.165) is 37.1 Å². The highest BCUT2D eigenvalue weighted by atomic mass is 16.2. The number of pyridine rings is 1. The Hall–Kier alpha value is -2.69. The van der Waals surface area contributed by atoms with Crippen LogP contribution in [0.4, 0.5) is 0 Å². The molecule has 1 aromatic carbocycles. The first-order valence-corrected chi connectivity index (χ1v) is 10.7. The monoisotopic (exact) mass is 392 g/mol. The molecular formula is C24H28N2O3. The lowest BCUT2D eigenvalue weighted by Crippen LogP contribution is -2.40. The first kappa shape index (κ1) is 19.6. The first-order valence-electron chi connectivity index (χ1n) is 10.7. The number of benzene rings is 1. The van der Waals surface area contributed by atoms with E-state index >= 15 is 0 Å². The summed E-state index contributed by atoms with van der Waals surface area (Å²) >= 11 is 0. The third-order valence-corrected chi connectivity index (χ3v) is 6.11. The van der Waals surface area contributed by atoms with Crippen LogP contribution in [-0.4, -0.2) is 34.2 Å². The highest BCUT2D eigenvalue weighted by molar-refractivity contribution is 6.02. The highest BCUT2D eigenvalue weighted by Crippen LogP contribution is 2.25. The molecule has 5 heteroatoms. The van der Waals surface area contributed by atoms with Crippen LogP contribution in [0, 0.1) is 0 Å². The van der Waals surface area contributed by atoms with Crippen molar-refractivity contribution in [3.8, 4) is 5.69 Å². The summed E-state index contributed by atoms with van der Waals surface area (Å²) in [5, 5.41) is 0. The number of hydrogen-bond donors (Lipinski definition) is 0. The standard InChI is InChI=1S/C24H28N2O3/c1-16(2)17-9-11-18(12-10-17)26-21-7-6-8-22(27)19(21)15-20(24(26)29)23(28)25-13-4-3-5-14-25/h9-12,15-16H,3-8,13-14H2,1-2H3. The lowest BCUT2D eigenvalue weighted by Gasteiger charge is -2.28. The lowest BCUT2D eigenvalue weighted by atomic mass is 9.92. The van der Waals surface area contributed by atoms with Crippen molar-refractivity contribution < 1.29 is 9.59 Å². The molecule has 2 heterocycles. The molecule has 2 aliphatic rings. The van der Waals surface area contributed by atoms with Crippen LogP contribution in [0.15, 0.2) is 35.1 Å². The van der Waals surface area contributed by atoms with Crippen LogP contribution in [-0.2, 0) is 6.42 Å². The van der Waals surface area contributed by atoms with Crippen molar-refractivity contribution >= 4 is 11.7 Å². The molecule has 29 heavy (non-hydrogen) atoms. The molecule has 1 aliphatic heterocycles. The second-order valence-electron chi connectivity index (χ2n) is 8.43. The van der Waals surface area contributed by atoms with E-state index in [1.54, 1.807) is 15.5 Å². The molecule has 1 aliphatic carbocycles. The van der Waals surface area contributed by atoms with Gasteiger partial charge in [-0.2, -0.15) is 0 Å². The average Bonchev–Trinajstić information content (AvgIpc) is 2.74. The summed E-state index contributed by atoms with van der Waals surface area (Å²) in [5.41, 5.74) is 2.98. The van der Waals surface area contributed by atoms with Gasteiger partial charge in [-0.25, -0.2) is 0 Å². The first-order chi connectivity index (χ1) is 14.0. The summed E-state index contributed by atoms with van der Waals surface area (Å²) in [6, 6.07) is 9.44. The molecule has 152 valence electrons. The van der Waals surface area contributed by atoms with Gasteiger partial charge in [0.2, 0.25) is 0 Å². The summed E-state index contributed by atoms with van der Waals surface area (Å²) in [7, 11) is 0. The van der Waals surface area contributed by atoms with E-state index in [1.165, 1.54) is 5.56 Å².